The monoisotopic (exact) mass is 351 g/mol. The first-order chi connectivity index (χ1) is 10.2. The summed E-state index contributed by atoms with van der Waals surface area (Å²) in [6.45, 7) is 5.58. The van der Waals surface area contributed by atoms with Crippen LogP contribution in [-0.2, 0) is 0 Å². The van der Waals surface area contributed by atoms with Crippen molar-refractivity contribution in [1.29, 1.82) is 0 Å². The Kier molecular flexibility index (Phi) is 4.40. The summed E-state index contributed by atoms with van der Waals surface area (Å²) in [4.78, 5) is 6.98. The summed E-state index contributed by atoms with van der Waals surface area (Å²) in [6.07, 6.45) is 2.25. The van der Waals surface area contributed by atoms with E-state index >= 15 is 0 Å². The van der Waals surface area contributed by atoms with Crippen LogP contribution in [-0.4, -0.2) is 35.6 Å². The number of anilines is 1. The van der Waals surface area contributed by atoms with E-state index in [1.54, 1.807) is 6.07 Å². The topological polar surface area (TPSA) is 28.2 Å². The third-order valence-electron chi connectivity index (χ3n) is 4.12. The highest BCUT2D eigenvalue weighted by molar-refractivity contribution is 9.10. The van der Waals surface area contributed by atoms with Crippen molar-refractivity contribution in [2.45, 2.75) is 25.8 Å². The van der Waals surface area contributed by atoms with Gasteiger partial charge in [0.2, 0.25) is 0 Å². The average Bonchev–Trinajstić information content (AvgIpc) is 2.49. The first-order valence-corrected chi connectivity index (χ1v) is 8.19. The number of nitrogens with zero attached hydrogens (tertiary/aromatic N) is 2. The number of likely N-dealkylation sites (tertiary alicyclic amines) is 1. The Hall–Kier alpha value is -1.20. The summed E-state index contributed by atoms with van der Waals surface area (Å²) in [7, 11) is 0. The first-order valence-electron chi connectivity index (χ1n) is 7.40. The predicted molar refractivity (Wildman–Crippen MR) is 88.2 cm³/mol. The maximum absolute atomic E-state index is 13.6. The van der Waals surface area contributed by atoms with Gasteiger partial charge in [0.1, 0.15) is 11.6 Å². The van der Waals surface area contributed by atoms with Crippen molar-refractivity contribution in [3.8, 4) is 0 Å². The first kappa shape index (κ1) is 14.7. The number of fused-ring (bicyclic) bond motifs is 1. The lowest BCUT2D eigenvalue weighted by atomic mass is 10.1. The Morgan fingerprint density at radius 1 is 1.33 bits per heavy atom. The van der Waals surface area contributed by atoms with Crippen LogP contribution in [0.25, 0.3) is 10.9 Å². The molecule has 112 valence electrons. The molecule has 0 aliphatic carbocycles. The summed E-state index contributed by atoms with van der Waals surface area (Å²) < 4.78 is 14.1. The van der Waals surface area contributed by atoms with Gasteiger partial charge in [0, 0.05) is 30.6 Å². The van der Waals surface area contributed by atoms with Gasteiger partial charge in [-0.1, -0.05) is 6.92 Å². The number of piperidine rings is 1. The van der Waals surface area contributed by atoms with Gasteiger partial charge in [0.25, 0.3) is 0 Å². The zero-order valence-electron chi connectivity index (χ0n) is 12.1. The molecule has 0 radical (unpaired) electrons. The summed E-state index contributed by atoms with van der Waals surface area (Å²) in [5.74, 6) is 0.558. The Bertz CT molecular complexity index is 639. The van der Waals surface area contributed by atoms with E-state index in [-0.39, 0.29) is 5.82 Å². The van der Waals surface area contributed by atoms with Crippen molar-refractivity contribution in [3.63, 3.8) is 0 Å². The van der Waals surface area contributed by atoms with Gasteiger partial charge in [-0.05, 0) is 53.5 Å². The fourth-order valence-corrected chi connectivity index (χ4v) is 3.16. The molecule has 1 saturated heterocycles. The van der Waals surface area contributed by atoms with E-state index in [4.69, 9.17) is 0 Å². The SMILES string of the molecule is CCN1CCC(Nc2ccc3cc(Br)c(F)cc3n2)CC1. The number of rotatable bonds is 3. The number of pyridine rings is 1. The summed E-state index contributed by atoms with van der Waals surface area (Å²) in [5, 5.41) is 4.42. The van der Waals surface area contributed by atoms with Gasteiger partial charge in [0.15, 0.2) is 0 Å². The minimum atomic E-state index is -0.275. The zero-order valence-corrected chi connectivity index (χ0v) is 13.7. The lowest BCUT2D eigenvalue weighted by Gasteiger charge is -2.31. The van der Waals surface area contributed by atoms with Crippen LogP contribution in [0.2, 0.25) is 0 Å². The van der Waals surface area contributed by atoms with Crippen molar-refractivity contribution in [3.05, 3.63) is 34.6 Å². The second-order valence-corrected chi connectivity index (χ2v) is 6.36. The summed E-state index contributed by atoms with van der Waals surface area (Å²) >= 11 is 3.20. The molecule has 0 spiro atoms. The molecule has 2 aromatic rings. The largest absolute Gasteiger partial charge is 0.367 e. The van der Waals surface area contributed by atoms with Crippen LogP contribution in [0.5, 0.6) is 0 Å². The van der Waals surface area contributed by atoms with Crippen molar-refractivity contribution >= 4 is 32.7 Å². The molecule has 0 saturated carbocycles. The number of hydrogen-bond donors (Lipinski definition) is 1. The second kappa shape index (κ2) is 6.28. The Balaban J connectivity index is 1.74. The molecule has 3 nitrogen and oxygen atoms in total. The molecular weight excluding hydrogens is 333 g/mol. The molecule has 1 fully saturated rings. The van der Waals surface area contributed by atoms with Gasteiger partial charge in [-0.2, -0.15) is 0 Å². The molecule has 2 heterocycles. The van der Waals surface area contributed by atoms with Crippen molar-refractivity contribution in [2.75, 3.05) is 25.0 Å². The summed E-state index contributed by atoms with van der Waals surface area (Å²) in [5.41, 5.74) is 0.687. The van der Waals surface area contributed by atoms with Gasteiger partial charge in [-0.25, -0.2) is 9.37 Å². The van der Waals surface area contributed by atoms with Crippen LogP contribution in [0.15, 0.2) is 28.7 Å². The van der Waals surface area contributed by atoms with Gasteiger partial charge in [0.05, 0.1) is 9.99 Å². The maximum Gasteiger partial charge on any atom is 0.139 e. The van der Waals surface area contributed by atoms with Crippen LogP contribution < -0.4 is 5.32 Å². The number of aromatic nitrogens is 1. The number of nitrogens with one attached hydrogen (secondary N) is 1. The fraction of sp³-hybridized carbons (Fsp3) is 0.438. The molecule has 1 aliphatic heterocycles. The summed E-state index contributed by atoms with van der Waals surface area (Å²) in [6, 6.07) is 7.65. The number of benzene rings is 1. The van der Waals surface area contributed by atoms with Crippen molar-refractivity contribution in [2.24, 2.45) is 0 Å². The smallest absolute Gasteiger partial charge is 0.139 e. The van der Waals surface area contributed by atoms with Crippen LogP contribution >= 0.6 is 15.9 Å². The quantitative estimate of drug-likeness (QED) is 0.904. The molecule has 0 atom stereocenters. The third kappa shape index (κ3) is 3.35. The van der Waals surface area contributed by atoms with Crippen molar-refractivity contribution < 1.29 is 4.39 Å². The molecule has 3 rings (SSSR count). The van der Waals surface area contributed by atoms with Gasteiger partial charge >= 0.3 is 0 Å². The van der Waals surface area contributed by atoms with E-state index in [9.17, 15) is 4.39 Å². The van der Waals surface area contributed by atoms with Crippen LogP contribution in [0, 0.1) is 5.82 Å². The molecule has 0 unspecified atom stereocenters. The van der Waals surface area contributed by atoms with E-state index in [1.807, 2.05) is 12.1 Å². The lowest BCUT2D eigenvalue weighted by Crippen LogP contribution is -2.38. The van der Waals surface area contributed by atoms with Gasteiger partial charge in [-0.15, -0.1) is 0 Å². The normalized spacial score (nSPS) is 17.3. The highest BCUT2D eigenvalue weighted by Crippen LogP contribution is 2.24. The molecule has 21 heavy (non-hydrogen) atoms. The van der Waals surface area contributed by atoms with Crippen molar-refractivity contribution in [1.82, 2.24) is 9.88 Å². The van der Waals surface area contributed by atoms with Crippen LogP contribution in [0.3, 0.4) is 0 Å². The van der Waals surface area contributed by atoms with Gasteiger partial charge < -0.3 is 10.2 Å². The van der Waals surface area contributed by atoms with E-state index < -0.39 is 0 Å². The van der Waals surface area contributed by atoms with E-state index in [1.165, 1.54) is 6.07 Å². The van der Waals surface area contributed by atoms with E-state index in [0.29, 0.717) is 16.0 Å². The lowest BCUT2D eigenvalue weighted by molar-refractivity contribution is 0.229. The number of halogens is 2. The van der Waals surface area contributed by atoms with Crippen LogP contribution in [0.1, 0.15) is 19.8 Å². The Labute approximate surface area is 132 Å². The molecule has 1 aromatic carbocycles. The fourth-order valence-electron chi connectivity index (χ4n) is 2.80. The molecular formula is C16H19BrFN3. The minimum Gasteiger partial charge on any atom is -0.367 e. The number of hydrogen-bond acceptors (Lipinski definition) is 3. The van der Waals surface area contributed by atoms with Gasteiger partial charge in [-0.3, -0.25) is 0 Å². The standard InChI is InChI=1S/C16H19BrFN3/c1-2-21-7-5-12(6-8-21)19-16-4-3-11-9-13(17)14(18)10-15(11)20-16/h3-4,9-10,12H,2,5-8H2,1H3,(H,19,20). The molecule has 1 aromatic heterocycles. The van der Waals surface area contributed by atoms with E-state index in [0.717, 1.165) is 43.7 Å². The Morgan fingerprint density at radius 3 is 2.81 bits per heavy atom. The average molecular weight is 352 g/mol. The van der Waals surface area contributed by atoms with Crippen LogP contribution in [0.4, 0.5) is 10.2 Å². The molecule has 1 N–H and O–H groups in total. The predicted octanol–water partition coefficient (Wildman–Crippen LogP) is 4.03. The molecule has 5 heteroatoms. The molecule has 1 aliphatic rings. The zero-order chi connectivity index (χ0) is 14.8. The minimum absolute atomic E-state index is 0.275. The molecule has 0 bridgehead atoms. The second-order valence-electron chi connectivity index (χ2n) is 5.51. The third-order valence-corrected chi connectivity index (χ3v) is 4.73. The van der Waals surface area contributed by atoms with E-state index in [2.05, 4.69) is 38.1 Å². The molecule has 0 amide bonds. The highest BCUT2D eigenvalue weighted by atomic mass is 79.9. The maximum atomic E-state index is 13.6. The highest BCUT2D eigenvalue weighted by Gasteiger charge is 2.18. The Morgan fingerprint density at radius 2 is 2.10 bits per heavy atom.